The van der Waals surface area contributed by atoms with Crippen LogP contribution in [0.25, 0.3) is 10.8 Å². The summed E-state index contributed by atoms with van der Waals surface area (Å²) in [4.78, 5) is 1.36. The molecular weight excluding hydrogens is 202 g/mol. The lowest BCUT2D eigenvalue weighted by molar-refractivity contribution is 0.943. The van der Waals surface area contributed by atoms with Gasteiger partial charge in [-0.3, -0.25) is 0 Å². The Labute approximate surface area is 94.7 Å². The summed E-state index contributed by atoms with van der Waals surface area (Å²) in [5.74, 6) is 1.10. The Kier molecular flexibility index (Phi) is 3.64. The molecule has 0 saturated heterocycles. The van der Waals surface area contributed by atoms with E-state index in [-0.39, 0.29) is 0 Å². The molecule has 0 fully saturated rings. The van der Waals surface area contributed by atoms with Gasteiger partial charge in [0.05, 0.1) is 0 Å². The van der Waals surface area contributed by atoms with Crippen LogP contribution in [-0.4, -0.2) is 12.3 Å². The van der Waals surface area contributed by atoms with Crippen LogP contribution in [0.1, 0.15) is 6.42 Å². The van der Waals surface area contributed by atoms with Gasteiger partial charge in [0, 0.05) is 4.90 Å². The zero-order chi connectivity index (χ0) is 10.5. The number of hydrogen-bond donors (Lipinski definition) is 1. The van der Waals surface area contributed by atoms with Gasteiger partial charge in [0.1, 0.15) is 0 Å². The van der Waals surface area contributed by atoms with Gasteiger partial charge in [-0.2, -0.15) is 0 Å². The number of thioether (sulfide) groups is 1. The molecule has 0 atom stereocenters. The van der Waals surface area contributed by atoms with Crippen molar-refractivity contribution in [2.24, 2.45) is 5.73 Å². The Morgan fingerprint density at radius 1 is 1.00 bits per heavy atom. The Hall–Kier alpha value is -0.990. The molecule has 2 N–H and O–H groups in total. The molecule has 78 valence electrons. The summed E-state index contributed by atoms with van der Waals surface area (Å²) in [6.45, 7) is 0.776. The van der Waals surface area contributed by atoms with Crippen LogP contribution in [0.4, 0.5) is 0 Å². The molecule has 2 rings (SSSR count). The highest BCUT2D eigenvalue weighted by Crippen LogP contribution is 2.27. The van der Waals surface area contributed by atoms with Gasteiger partial charge < -0.3 is 5.73 Å². The lowest BCUT2D eigenvalue weighted by Gasteiger charge is -2.05. The molecule has 15 heavy (non-hydrogen) atoms. The van der Waals surface area contributed by atoms with E-state index in [1.165, 1.54) is 15.7 Å². The maximum absolute atomic E-state index is 5.49. The van der Waals surface area contributed by atoms with Gasteiger partial charge in [0.2, 0.25) is 0 Å². The number of rotatable bonds is 4. The van der Waals surface area contributed by atoms with Gasteiger partial charge in [0.15, 0.2) is 0 Å². The van der Waals surface area contributed by atoms with E-state index in [2.05, 4.69) is 42.5 Å². The van der Waals surface area contributed by atoms with E-state index in [1.807, 2.05) is 11.8 Å². The lowest BCUT2D eigenvalue weighted by Crippen LogP contribution is -1.99. The highest BCUT2D eigenvalue weighted by Gasteiger charge is 1.99. The summed E-state index contributed by atoms with van der Waals surface area (Å²) in [6, 6.07) is 15.0. The van der Waals surface area contributed by atoms with Crippen LogP contribution in [0.3, 0.4) is 0 Å². The quantitative estimate of drug-likeness (QED) is 0.628. The van der Waals surface area contributed by atoms with Crippen molar-refractivity contribution in [1.29, 1.82) is 0 Å². The van der Waals surface area contributed by atoms with E-state index >= 15 is 0 Å². The standard InChI is InChI=1S/C13H15NS/c14-9-4-10-15-13-8-3-6-11-5-1-2-7-12(11)13/h1-3,5-8H,4,9-10,14H2. The molecular formula is C13H15NS. The average molecular weight is 217 g/mol. The topological polar surface area (TPSA) is 26.0 Å². The average Bonchev–Trinajstić information content (AvgIpc) is 2.30. The Balaban J connectivity index is 2.26. The number of fused-ring (bicyclic) bond motifs is 1. The molecule has 0 radical (unpaired) electrons. The van der Waals surface area contributed by atoms with Gasteiger partial charge in [-0.1, -0.05) is 36.4 Å². The van der Waals surface area contributed by atoms with Crippen LogP contribution in [0.2, 0.25) is 0 Å². The monoisotopic (exact) mass is 217 g/mol. The predicted molar refractivity (Wildman–Crippen MR) is 68.3 cm³/mol. The summed E-state index contributed by atoms with van der Waals surface area (Å²) in [6.07, 6.45) is 1.08. The van der Waals surface area contributed by atoms with Crippen LogP contribution in [0.5, 0.6) is 0 Å². The fourth-order valence-corrected chi connectivity index (χ4v) is 2.63. The minimum absolute atomic E-state index is 0.776. The molecule has 0 saturated carbocycles. The first-order valence-corrected chi connectivity index (χ1v) is 6.21. The predicted octanol–water partition coefficient (Wildman–Crippen LogP) is 3.28. The van der Waals surface area contributed by atoms with Crippen molar-refractivity contribution in [1.82, 2.24) is 0 Å². The summed E-state index contributed by atoms with van der Waals surface area (Å²) in [5.41, 5.74) is 5.49. The van der Waals surface area contributed by atoms with Crippen molar-refractivity contribution in [3.63, 3.8) is 0 Å². The molecule has 0 heterocycles. The van der Waals surface area contributed by atoms with E-state index < -0.39 is 0 Å². The third-order valence-electron chi connectivity index (χ3n) is 2.36. The van der Waals surface area contributed by atoms with Gasteiger partial charge in [-0.15, -0.1) is 11.8 Å². The van der Waals surface area contributed by atoms with Crippen molar-refractivity contribution in [2.75, 3.05) is 12.3 Å². The summed E-state index contributed by atoms with van der Waals surface area (Å²) >= 11 is 1.89. The summed E-state index contributed by atoms with van der Waals surface area (Å²) in [7, 11) is 0. The third kappa shape index (κ3) is 2.52. The van der Waals surface area contributed by atoms with Gasteiger partial charge >= 0.3 is 0 Å². The lowest BCUT2D eigenvalue weighted by atomic mass is 10.1. The second-order valence-electron chi connectivity index (χ2n) is 3.47. The molecule has 0 spiro atoms. The van der Waals surface area contributed by atoms with Crippen LogP contribution in [0.15, 0.2) is 47.4 Å². The fourth-order valence-electron chi connectivity index (χ4n) is 1.59. The molecule has 0 aliphatic rings. The Morgan fingerprint density at radius 3 is 2.67 bits per heavy atom. The van der Waals surface area contributed by atoms with E-state index in [0.29, 0.717) is 0 Å². The van der Waals surface area contributed by atoms with Crippen molar-refractivity contribution in [3.05, 3.63) is 42.5 Å². The largest absolute Gasteiger partial charge is 0.330 e. The van der Waals surface area contributed by atoms with E-state index in [1.54, 1.807) is 0 Å². The molecule has 0 aliphatic carbocycles. The van der Waals surface area contributed by atoms with Crippen molar-refractivity contribution >= 4 is 22.5 Å². The van der Waals surface area contributed by atoms with Crippen molar-refractivity contribution in [3.8, 4) is 0 Å². The van der Waals surface area contributed by atoms with Crippen LogP contribution in [0, 0.1) is 0 Å². The number of hydrogen-bond acceptors (Lipinski definition) is 2. The summed E-state index contributed by atoms with van der Waals surface area (Å²) in [5, 5.41) is 2.66. The number of benzene rings is 2. The van der Waals surface area contributed by atoms with Crippen LogP contribution >= 0.6 is 11.8 Å². The first-order valence-electron chi connectivity index (χ1n) is 5.22. The van der Waals surface area contributed by atoms with Crippen molar-refractivity contribution in [2.45, 2.75) is 11.3 Å². The normalized spacial score (nSPS) is 10.7. The van der Waals surface area contributed by atoms with Gasteiger partial charge in [-0.05, 0) is 35.6 Å². The molecule has 0 bridgehead atoms. The maximum atomic E-state index is 5.49. The molecule has 0 amide bonds. The smallest absolute Gasteiger partial charge is 0.0150 e. The first kappa shape index (κ1) is 10.5. The third-order valence-corrected chi connectivity index (χ3v) is 3.52. The van der Waals surface area contributed by atoms with Crippen LogP contribution < -0.4 is 5.73 Å². The number of nitrogens with two attached hydrogens (primary N) is 1. The second kappa shape index (κ2) is 5.19. The minimum Gasteiger partial charge on any atom is -0.330 e. The Bertz CT molecular complexity index is 434. The van der Waals surface area contributed by atoms with E-state index in [4.69, 9.17) is 5.73 Å². The molecule has 2 heteroatoms. The molecule has 0 aromatic heterocycles. The second-order valence-corrected chi connectivity index (χ2v) is 4.60. The fraction of sp³-hybridized carbons (Fsp3) is 0.231. The SMILES string of the molecule is NCCCSc1cccc2ccccc12. The zero-order valence-corrected chi connectivity index (χ0v) is 9.46. The molecule has 2 aromatic rings. The zero-order valence-electron chi connectivity index (χ0n) is 8.65. The maximum Gasteiger partial charge on any atom is 0.0150 e. The highest BCUT2D eigenvalue weighted by molar-refractivity contribution is 7.99. The highest BCUT2D eigenvalue weighted by atomic mass is 32.2. The summed E-state index contributed by atoms with van der Waals surface area (Å²) < 4.78 is 0. The van der Waals surface area contributed by atoms with E-state index in [9.17, 15) is 0 Å². The molecule has 1 nitrogen and oxygen atoms in total. The Morgan fingerprint density at radius 2 is 1.80 bits per heavy atom. The molecule has 0 aliphatic heterocycles. The first-order chi connectivity index (χ1) is 7.42. The minimum atomic E-state index is 0.776. The van der Waals surface area contributed by atoms with Crippen molar-refractivity contribution < 1.29 is 0 Å². The molecule has 2 aromatic carbocycles. The van der Waals surface area contributed by atoms with Gasteiger partial charge in [-0.25, -0.2) is 0 Å². The van der Waals surface area contributed by atoms with E-state index in [0.717, 1.165) is 18.7 Å². The van der Waals surface area contributed by atoms with Gasteiger partial charge in [0.25, 0.3) is 0 Å². The molecule has 0 unspecified atom stereocenters. The van der Waals surface area contributed by atoms with Crippen LogP contribution in [-0.2, 0) is 0 Å².